The van der Waals surface area contributed by atoms with Crippen molar-refractivity contribution < 1.29 is 18.0 Å². The van der Waals surface area contributed by atoms with Crippen LogP contribution in [0, 0.1) is 0 Å². The number of alkyl halides is 3. The van der Waals surface area contributed by atoms with Crippen LogP contribution in [-0.2, 0) is 24.4 Å². The second-order valence-corrected chi connectivity index (χ2v) is 7.01. The molecule has 0 aliphatic rings. The summed E-state index contributed by atoms with van der Waals surface area (Å²) in [5, 5.41) is 9.46. The first-order valence-electron chi connectivity index (χ1n) is 9.63. The van der Waals surface area contributed by atoms with Gasteiger partial charge in [-0.1, -0.05) is 24.3 Å². The van der Waals surface area contributed by atoms with E-state index in [2.05, 4.69) is 35.7 Å². The van der Waals surface area contributed by atoms with E-state index in [-0.39, 0.29) is 12.2 Å². The van der Waals surface area contributed by atoms with Crippen LogP contribution in [0.4, 0.5) is 30.6 Å². The highest BCUT2D eigenvalue weighted by Gasteiger charge is 2.34. The molecule has 3 heterocycles. The number of amides is 1. The zero-order valence-corrected chi connectivity index (χ0v) is 17.2. The third kappa shape index (κ3) is 5.67. The molecular weight excluding hydrogens is 437 g/mol. The molecule has 0 saturated heterocycles. The Morgan fingerprint density at radius 2 is 1.73 bits per heavy atom. The van der Waals surface area contributed by atoms with Gasteiger partial charge < -0.3 is 10.6 Å². The SMILES string of the molecule is Cn1cc(Nc2ncc(-c3ccc(CC(=O)Nc4ccnc(C(F)(F)F)n4)cc3)cn2)cn1. The van der Waals surface area contributed by atoms with E-state index >= 15 is 0 Å². The molecule has 168 valence electrons. The number of rotatable bonds is 6. The summed E-state index contributed by atoms with van der Waals surface area (Å²) in [4.78, 5) is 27.3. The Hall–Kier alpha value is -4.35. The van der Waals surface area contributed by atoms with Crippen molar-refractivity contribution in [3.05, 3.63) is 72.7 Å². The smallest absolute Gasteiger partial charge is 0.321 e. The van der Waals surface area contributed by atoms with Gasteiger partial charge in [0, 0.05) is 37.4 Å². The summed E-state index contributed by atoms with van der Waals surface area (Å²) < 4.78 is 39.8. The van der Waals surface area contributed by atoms with Crippen LogP contribution >= 0.6 is 0 Å². The molecule has 0 aliphatic heterocycles. The van der Waals surface area contributed by atoms with Gasteiger partial charge >= 0.3 is 6.18 Å². The van der Waals surface area contributed by atoms with Crippen LogP contribution in [0.25, 0.3) is 11.1 Å². The van der Waals surface area contributed by atoms with E-state index in [1.54, 1.807) is 41.6 Å². The van der Waals surface area contributed by atoms with Gasteiger partial charge in [-0.3, -0.25) is 9.48 Å². The summed E-state index contributed by atoms with van der Waals surface area (Å²) in [5.41, 5.74) is 3.07. The number of nitrogens with one attached hydrogen (secondary N) is 2. The average Bonchev–Trinajstić information content (AvgIpc) is 3.19. The highest BCUT2D eigenvalue weighted by molar-refractivity contribution is 5.91. The van der Waals surface area contributed by atoms with E-state index in [1.807, 2.05) is 19.2 Å². The maximum atomic E-state index is 12.7. The molecular formula is C21H17F3N8O. The molecule has 9 nitrogen and oxygen atoms in total. The Labute approximate surface area is 185 Å². The van der Waals surface area contributed by atoms with E-state index in [0.29, 0.717) is 11.5 Å². The quantitative estimate of drug-likeness (QED) is 0.458. The summed E-state index contributed by atoms with van der Waals surface area (Å²) in [6.07, 6.45) is 3.02. The summed E-state index contributed by atoms with van der Waals surface area (Å²) in [6.45, 7) is 0. The Kier molecular flexibility index (Phi) is 5.98. The topological polar surface area (TPSA) is 111 Å². The van der Waals surface area contributed by atoms with Crippen LogP contribution in [0.2, 0.25) is 0 Å². The van der Waals surface area contributed by atoms with E-state index in [9.17, 15) is 18.0 Å². The number of aryl methyl sites for hydroxylation is 1. The normalized spacial score (nSPS) is 11.3. The number of benzene rings is 1. The van der Waals surface area contributed by atoms with Gasteiger partial charge in [0.15, 0.2) is 0 Å². The minimum Gasteiger partial charge on any atom is -0.321 e. The maximum Gasteiger partial charge on any atom is 0.451 e. The second kappa shape index (κ2) is 9.02. The number of hydrogen-bond donors (Lipinski definition) is 2. The first-order chi connectivity index (χ1) is 15.8. The van der Waals surface area contributed by atoms with Crippen molar-refractivity contribution in [1.82, 2.24) is 29.7 Å². The molecule has 0 spiro atoms. The zero-order chi connectivity index (χ0) is 23.4. The van der Waals surface area contributed by atoms with Gasteiger partial charge in [-0.05, 0) is 17.2 Å². The molecule has 3 aromatic heterocycles. The lowest BCUT2D eigenvalue weighted by molar-refractivity contribution is -0.145. The first-order valence-corrected chi connectivity index (χ1v) is 9.63. The van der Waals surface area contributed by atoms with E-state index in [4.69, 9.17) is 0 Å². The standard InChI is InChI=1S/C21H17F3N8O/c1-32-12-16(11-28-32)29-20-26-9-15(10-27-20)14-4-2-13(3-5-14)8-18(33)30-17-6-7-25-19(31-17)21(22,23)24/h2-7,9-12H,8H2,1H3,(H,26,27,29)(H,25,30,31,33). The van der Waals surface area contributed by atoms with Gasteiger partial charge in [-0.2, -0.15) is 18.3 Å². The fourth-order valence-corrected chi connectivity index (χ4v) is 2.91. The molecule has 0 aliphatic carbocycles. The first kappa shape index (κ1) is 21.9. The van der Waals surface area contributed by atoms with Gasteiger partial charge in [0.25, 0.3) is 0 Å². The number of halogens is 3. The monoisotopic (exact) mass is 454 g/mol. The highest BCUT2D eigenvalue weighted by atomic mass is 19.4. The van der Waals surface area contributed by atoms with Crippen LogP contribution in [0.5, 0.6) is 0 Å². The van der Waals surface area contributed by atoms with Gasteiger partial charge in [0.05, 0.1) is 18.3 Å². The number of anilines is 3. The predicted molar refractivity (Wildman–Crippen MR) is 113 cm³/mol. The van der Waals surface area contributed by atoms with Crippen molar-refractivity contribution in [2.24, 2.45) is 7.05 Å². The highest BCUT2D eigenvalue weighted by Crippen LogP contribution is 2.26. The summed E-state index contributed by atoms with van der Waals surface area (Å²) in [5.74, 6) is -1.59. The van der Waals surface area contributed by atoms with Crippen LogP contribution < -0.4 is 10.6 Å². The molecule has 0 fully saturated rings. The molecule has 1 aromatic carbocycles. The molecule has 2 N–H and O–H groups in total. The summed E-state index contributed by atoms with van der Waals surface area (Å²) in [7, 11) is 1.81. The molecule has 0 saturated carbocycles. The van der Waals surface area contributed by atoms with Crippen molar-refractivity contribution in [3.8, 4) is 11.1 Å². The van der Waals surface area contributed by atoms with Crippen molar-refractivity contribution in [2.45, 2.75) is 12.6 Å². The Morgan fingerprint density at radius 1 is 1.00 bits per heavy atom. The summed E-state index contributed by atoms with van der Waals surface area (Å²) >= 11 is 0. The molecule has 0 atom stereocenters. The van der Waals surface area contributed by atoms with Crippen LogP contribution in [0.15, 0.2) is 61.3 Å². The van der Waals surface area contributed by atoms with E-state index in [0.717, 1.165) is 23.0 Å². The number of carbonyl (C=O) groups is 1. The molecule has 12 heteroatoms. The molecule has 33 heavy (non-hydrogen) atoms. The van der Waals surface area contributed by atoms with Crippen molar-refractivity contribution >= 4 is 23.4 Å². The molecule has 1 amide bonds. The van der Waals surface area contributed by atoms with Gasteiger partial charge in [-0.15, -0.1) is 0 Å². The van der Waals surface area contributed by atoms with Crippen molar-refractivity contribution in [1.29, 1.82) is 0 Å². The maximum absolute atomic E-state index is 12.7. The van der Waals surface area contributed by atoms with Crippen LogP contribution in [0.1, 0.15) is 11.4 Å². The Balaban J connectivity index is 1.36. The average molecular weight is 454 g/mol. The van der Waals surface area contributed by atoms with Crippen LogP contribution in [-0.4, -0.2) is 35.6 Å². The lowest BCUT2D eigenvalue weighted by Gasteiger charge is -2.08. The van der Waals surface area contributed by atoms with Crippen LogP contribution in [0.3, 0.4) is 0 Å². The van der Waals surface area contributed by atoms with Gasteiger partial charge in [-0.25, -0.2) is 19.9 Å². The number of carbonyl (C=O) groups excluding carboxylic acids is 1. The summed E-state index contributed by atoms with van der Waals surface area (Å²) in [6, 6.07) is 8.31. The molecule has 0 bridgehead atoms. The second-order valence-electron chi connectivity index (χ2n) is 7.01. The molecule has 4 rings (SSSR count). The van der Waals surface area contributed by atoms with Gasteiger partial charge in [0.2, 0.25) is 17.7 Å². The third-order valence-electron chi connectivity index (χ3n) is 4.44. The Bertz CT molecular complexity index is 1250. The van der Waals surface area contributed by atoms with E-state index < -0.39 is 17.9 Å². The number of aromatic nitrogens is 6. The zero-order valence-electron chi connectivity index (χ0n) is 17.2. The lowest BCUT2D eigenvalue weighted by atomic mass is 10.1. The van der Waals surface area contributed by atoms with Crippen molar-refractivity contribution in [3.63, 3.8) is 0 Å². The Morgan fingerprint density at radius 3 is 2.36 bits per heavy atom. The molecule has 0 radical (unpaired) electrons. The minimum atomic E-state index is -4.69. The van der Waals surface area contributed by atoms with Crippen molar-refractivity contribution in [2.75, 3.05) is 10.6 Å². The third-order valence-corrected chi connectivity index (χ3v) is 4.44. The number of nitrogens with zero attached hydrogens (tertiary/aromatic N) is 6. The van der Waals surface area contributed by atoms with E-state index in [1.165, 1.54) is 6.07 Å². The molecule has 4 aromatic rings. The fourth-order valence-electron chi connectivity index (χ4n) is 2.91. The lowest BCUT2D eigenvalue weighted by Crippen LogP contribution is -2.18. The fraction of sp³-hybridized carbons (Fsp3) is 0.143. The largest absolute Gasteiger partial charge is 0.451 e. The predicted octanol–water partition coefficient (Wildman–Crippen LogP) is 3.61. The number of hydrogen-bond acceptors (Lipinski definition) is 7. The minimum absolute atomic E-state index is 0.0316. The van der Waals surface area contributed by atoms with Gasteiger partial charge in [0.1, 0.15) is 5.82 Å². The molecule has 0 unspecified atom stereocenters.